The van der Waals surface area contributed by atoms with Gasteiger partial charge >= 0.3 is 0 Å². The number of amides is 1. The lowest BCUT2D eigenvalue weighted by Crippen LogP contribution is -2.55. The van der Waals surface area contributed by atoms with Gasteiger partial charge in [-0.2, -0.15) is 0 Å². The minimum absolute atomic E-state index is 0.0781. The minimum Gasteiger partial charge on any atom is -0.355 e. The van der Waals surface area contributed by atoms with Gasteiger partial charge in [0.05, 0.1) is 5.54 Å². The van der Waals surface area contributed by atoms with Gasteiger partial charge in [0, 0.05) is 6.54 Å². The quantitative estimate of drug-likeness (QED) is 0.663. The average molecular weight is 268 g/mol. The van der Waals surface area contributed by atoms with Gasteiger partial charge < -0.3 is 11.1 Å². The summed E-state index contributed by atoms with van der Waals surface area (Å²) in [4.78, 5) is 12.1. The number of unbranched alkanes of at least 4 members (excludes halogenated alkanes) is 3. The summed E-state index contributed by atoms with van der Waals surface area (Å²) in [5.74, 6) is 0.887. The molecule has 19 heavy (non-hydrogen) atoms. The third-order valence-electron chi connectivity index (χ3n) is 4.19. The van der Waals surface area contributed by atoms with E-state index >= 15 is 0 Å². The Labute approximate surface area is 118 Å². The average Bonchev–Trinajstić information content (AvgIpc) is 2.38. The third kappa shape index (κ3) is 6.42. The second-order valence-electron chi connectivity index (χ2n) is 6.57. The smallest absolute Gasteiger partial charge is 0.240 e. The molecule has 0 atom stereocenters. The number of carbonyl (C=O) groups excluding carboxylic acids is 1. The van der Waals surface area contributed by atoms with E-state index in [0.717, 1.165) is 44.6 Å². The number of hydrogen-bond acceptors (Lipinski definition) is 2. The molecule has 0 bridgehead atoms. The van der Waals surface area contributed by atoms with Crippen molar-refractivity contribution in [2.24, 2.45) is 11.7 Å². The summed E-state index contributed by atoms with van der Waals surface area (Å²) in [6, 6.07) is 0. The molecule has 112 valence electrons. The van der Waals surface area contributed by atoms with E-state index in [0.29, 0.717) is 0 Å². The Balaban J connectivity index is 2.04. The van der Waals surface area contributed by atoms with Crippen LogP contribution in [0.15, 0.2) is 0 Å². The van der Waals surface area contributed by atoms with E-state index in [-0.39, 0.29) is 5.91 Å². The van der Waals surface area contributed by atoms with Crippen LogP contribution in [0.2, 0.25) is 0 Å². The van der Waals surface area contributed by atoms with Crippen molar-refractivity contribution in [3.8, 4) is 0 Å². The first-order valence-corrected chi connectivity index (χ1v) is 8.12. The molecule has 1 fully saturated rings. The summed E-state index contributed by atoms with van der Waals surface area (Å²) in [5, 5.41) is 3.03. The van der Waals surface area contributed by atoms with Gasteiger partial charge in [-0.25, -0.2) is 0 Å². The third-order valence-corrected chi connectivity index (χ3v) is 4.19. The van der Waals surface area contributed by atoms with Gasteiger partial charge in [0.25, 0.3) is 0 Å². The van der Waals surface area contributed by atoms with Gasteiger partial charge in [0.1, 0.15) is 0 Å². The van der Waals surface area contributed by atoms with Gasteiger partial charge in [0.2, 0.25) is 5.91 Å². The first-order valence-electron chi connectivity index (χ1n) is 8.12. The van der Waals surface area contributed by atoms with Gasteiger partial charge in [-0.3, -0.25) is 4.79 Å². The highest BCUT2D eigenvalue weighted by Gasteiger charge is 2.34. The maximum atomic E-state index is 12.1. The fourth-order valence-electron chi connectivity index (χ4n) is 2.82. The van der Waals surface area contributed by atoms with E-state index in [1.165, 1.54) is 32.1 Å². The number of nitrogens with one attached hydrogen (secondary N) is 1. The Morgan fingerprint density at radius 1 is 1.11 bits per heavy atom. The SMILES string of the molecule is CC(C)CCCCCCNC(=O)C1(N)CCCCC1. The van der Waals surface area contributed by atoms with E-state index in [1.54, 1.807) is 0 Å². The summed E-state index contributed by atoms with van der Waals surface area (Å²) in [6.45, 7) is 5.33. The molecular weight excluding hydrogens is 236 g/mol. The molecule has 1 saturated carbocycles. The van der Waals surface area contributed by atoms with E-state index < -0.39 is 5.54 Å². The van der Waals surface area contributed by atoms with Crippen LogP contribution in [0.3, 0.4) is 0 Å². The molecule has 3 heteroatoms. The van der Waals surface area contributed by atoms with Crippen molar-refractivity contribution in [3.63, 3.8) is 0 Å². The minimum atomic E-state index is -0.574. The van der Waals surface area contributed by atoms with Crippen molar-refractivity contribution in [3.05, 3.63) is 0 Å². The Bertz CT molecular complexity index is 257. The fraction of sp³-hybridized carbons (Fsp3) is 0.938. The van der Waals surface area contributed by atoms with Gasteiger partial charge in [-0.15, -0.1) is 0 Å². The Morgan fingerprint density at radius 3 is 2.37 bits per heavy atom. The van der Waals surface area contributed by atoms with Crippen LogP contribution in [0.5, 0.6) is 0 Å². The lowest BCUT2D eigenvalue weighted by molar-refractivity contribution is -0.127. The second-order valence-corrected chi connectivity index (χ2v) is 6.57. The topological polar surface area (TPSA) is 55.1 Å². The summed E-state index contributed by atoms with van der Waals surface area (Å²) in [5.41, 5.74) is 5.61. The predicted octanol–water partition coefficient (Wildman–Crippen LogP) is 3.37. The van der Waals surface area contributed by atoms with Crippen molar-refractivity contribution < 1.29 is 4.79 Å². The molecule has 3 nitrogen and oxygen atoms in total. The molecule has 0 aromatic heterocycles. The Morgan fingerprint density at radius 2 is 1.74 bits per heavy atom. The van der Waals surface area contributed by atoms with E-state index in [4.69, 9.17) is 5.73 Å². The van der Waals surface area contributed by atoms with Crippen LogP contribution < -0.4 is 11.1 Å². The molecule has 1 aliphatic carbocycles. The first kappa shape index (κ1) is 16.5. The van der Waals surface area contributed by atoms with Crippen LogP contribution in [0.4, 0.5) is 0 Å². The first-order chi connectivity index (χ1) is 9.04. The fourth-order valence-corrected chi connectivity index (χ4v) is 2.82. The maximum Gasteiger partial charge on any atom is 0.240 e. The lowest BCUT2D eigenvalue weighted by Gasteiger charge is -2.31. The molecule has 0 aromatic rings. The zero-order valence-electron chi connectivity index (χ0n) is 12.8. The molecular formula is C16H32N2O. The molecule has 1 aliphatic rings. The standard InChI is InChI=1S/C16H32N2O/c1-14(2)10-6-3-4-9-13-18-15(19)16(17)11-7-5-8-12-16/h14H,3-13,17H2,1-2H3,(H,18,19). The molecule has 0 aliphatic heterocycles. The zero-order chi connectivity index (χ0) is 14.1. The highest BCUT2D eigenvalue weighted by Crippen LogP contribution is 2.25. The van der Waals surface area contributed by atoms with Gasteiger partial charge in [0.15, 0.2) is 0 Å². The zero-order valence-corrected chi connectivity index (χ0v) is 12.8. The predicted molar refractivity (Wildman–Crippen MR) is 80.9 cm³/mol. The summed E-state index contributed by atoms with van der Waals surface area (Å²) >= 11 is 0. The van der Waals surface area contributed by atoms with Crippen LogP contribution in [0.25, 0.3) is 0 Å². The van der Waals surface area contributed by atoms with E-state index in [1.807, 2.05) is 0 Å². The summed E-state index contributed by atoms with van der Waals surface area (Å²) in [7, 11) is 0. The molecule has 0 radical (unpaired) electrons. The number of rotatable bonds is 8. The number of carbonyl (C=O) groups is 1. The highest BCUT2D eigenvalue weighted by atomic mass is 16.2. The normalized spacial score (nSPS) is 18.5. The van der Waals surface area contributed by atoms with Crippen LogP contribution in [0.1, 0.15) is 78.1 Å². The largest absolute Gasteiger partial charge is 0.355 e. The molecule has 0 unspecified atom stereocenters. The Hall–Kier alpha value is -0.570. The van der Waals surface area contributed by atoms with Crippen molar-refractivity contribution in [2.75, 3.05) is 6.54 Å². The number of hydrogen-bond donors (Lipinski definition) is 2. The monoisotopic (exact) mass is 268 g/mol. The van der Waals surface area contributed by atoms with E-state index in [9.17, 15) is 4.79 Å². The van der Waals surface area contributed by atoms with Crippen LogP contribution >= 0.6 is 0 Å². The highest BCUT2D eigenvalue weighted by molar-refractivity contribution is 5.86. The van der Waals surface area contributed by atoms with Crippen molar-refractivity contribution in [1.29, 1.82) is 0 Å². The van der Waals surface area contributed by atoms with Crippen LogP contribution in [-0.4, -0.2) is 18.0 Å². The molecule has 1 amide bonds. The number of nitrogens with two attached hydrogens (primary N) is 1. The molecule has 1 rings (SSSR count). The Kier molecular flexibility index (Phi) is 7.44. The summed E-state index contributed by atoms with van der Waals surface area (Å²) < 4.78 is 0. The van der Waals surface area contributed by atoms with Crippen LogP contribution in [-0.2, 0) is 4.79 Å². The molecule has 0 spiro atoms. The van der Waals surface area contributed by atoms with E-state index in [2.05, 4.69) is 19.2 Å². The van der Waals surface area contributed by atoms with Gasteiger partial charge in [-0.05, 0) is 25.2 Å². The summed E-state index contributed by atoms with van der Waals surface area (Å²) in [6.07, 6.45) is 11.3. The van der Waals surface area contributed by atoms with Crippen molar-refractivity contribution >= 4 is 5.91 Å². The maximum absolute atomic E-state index is 12.1. The molecule has 0 heterocycles. The second kappa shape index (κ2) is 8.57. The van der Waals surface area contributed by atoms with Crippen molar-refractivity contribution in [1.82, 2.24) is 5.32 Å². The van der Waals surface area contributed by atoms with Gasteiger partial charge in [-0.1, -0.05) is 58.8 Å². The van der Waals surface area contributed by atoms with Crippen LogP contribution in [0, 0.1) is 5.92 Å². The van der Waals surface area contributed by atoms with Crippen molar-refractivity contribution in [2.45, 2.75) is 83.6 Å². The molecule has 0 saturated heterocycles. The molecule has 0 aromatic carbocycles. The lowest BCUT2D eigenvalue weighted by atomic mass is 9.82. The molecule has 3 N–H and O–H groups in total.